The number of hydroxylamine groups is 1. The Hall–Kier alpha value is -0.720. The zero-order valence-electron chi connectivity index (χ0n) is 10.4. The molecule has 3 rings (SSSR count). The highest BCUT2D eigenvalue weighted by molar-refractivity contribution is 5.24. The lowest BCUT2D eigenvalue weighted by Crippen LogP contribution is -2.51. The van der Waals surface area contributed by atoms with Crippen molar-refractivity contribution in [1.82, 2.24) is 0 Å². The second-order valence-electron chi connectivity index (χ2n) is 6.26. The molecule has 0 aromatic rings. The second-order valence-corrected chi connectivity index (χ2v) is 6.26. The number of hydrogen-bond acceptors (Lipinski definition) is 5. The first-order chi connectivity index (χ1) is 7.68. The number of hydrogen-bond donors (Lipinski definition) is 2. The summed E-state index contributed by atoms with van der Waals surface area (Å²) in [4.78, 5) is 0.707. The SMILES string of the molecule is CC1(C)[C@]2(C)N=[N+]([O-])[C@@]1(C)[C@@H]1[C@H]2[C@@H](O)O[C@H]1O. The van der Waals surface area contributed by atoms with E-state index in [1.807, 2.05) is 20.8 Å². The summed E-state index contributed by atoms with van der Waals surface area (Å²) in [6.07, 6.45) is -2.16. The van der Waals surface area contributed by atoms with Crippen LogP contribution in [0.1, 0.15) is 27.7 Å². The lowest BCUT2D eigenvalue weighted by Gasteiger charge is -2.35. The highest BCUT2D eigenvalue weighted by atomic mass is 16.7. The summed E-state index contributed by atoms with van der Waals surface area (Å²) in [6, 6.07) is 0. The number of azo groups is 1. The van der Waals surface area contributed by atoms with E-state index < -0.39 is 35.0 Å². The van der Waals surface area contributed by atoms with Gasteiger partial charge in [-0.05, 0) is 12.0 Å². The molecule has 2 aliphatic heterocycles. The van der Waals surface area contributed by atoms with Crippen molar-refractivity contribution in [1.29, 1.82) is 0 Å². The van der Waals surface area contributed by atoms with Crippen molar-refractivity contribution < 1.29 is 19.8 Å². The predicted octanol–water partition coefficient (Wildman–Crippen LogP) is 0.419. The van der Waals surface area contributed by atoms with Crippen molar-refractivity contribution in [3.63, 3.8) is 0 Å². The van der Waals surface area contributed by atoms with E-state index in [9.17, 15) is 15.4 Å². The van der Waals surface area contributed by atoms with E-state index in [-0.39, 0.29) is 5.92 Å². The zero-order valence-corrected chi connectivity index (χ0v) is 10.4. The molecule has 0 radical (unpaired) electrons. The maximum absolute atomic E-state index is 12.1. The summed E-state index contributed by atoms with van der Waals surface area (Å²) in [6.45, 7) is 7.58. The fraction of sp³-hybridized carbons (Fsp3) is 1.00. The quantitative estimate of drug-likeness (QED) is 0.476. The van der Waals surface area contributed by atoms with Crippen LogP contribution in [0.4, 0.5) is 0 Å². The van der Waals surface area contributed by atoms with Crippen molar-refractivity contribution in [2.45, 2.75) is 51.4 Å². The molecule has 2 N–H and O–H groups in total. The third-order valence-electron chi connectivity index (χ3n) is 5.80. The number of nitrogens with zero attached hydrogens (tertiary/aromatic N) is 2. The monoisotopic (exact) mass is 242 g/mol. The smallest absolute Gasteiger partial charge is 0.212 e. The molecule has 0 aromatic carbocycles. The summed E-state index contributed by atoms with van der Waals surface area (Å²) in [5, 5.41) is 36.1. The summed E-state index contributed by atoms with van der Waals surface area (Å²) < 4.78 is 5.07. The lowest BCUT2D eigenvalue weighted by molar-refractivity contribution is -0.620. The predicted molar refractivity (Wildman–Crippen MR) is 56.7 cm³/mol. The topological polar surface area (TPSA) is 88.1 Å². The largest absolute Gasteiger partial charge is 0.599 e. The van der Waals surface area contributed by atoms with Gasteiger partial charge in [0.05, 0.1) is 17.3 Å². The van der Waals surface area contributed by atoms with E-state index in [4.69, 9.17) is 4.74 Å². The van der Waals surface area contributed by atoms with E-state index in [1.54, 1.807) is 6.92 Å². The molecule has 1 aliphatic carbocycles. The van der Waals surface area contributed by atoms with E-state index in [0.717, 1.165) is 0 Å². The highest BCUT2D eigenvalue weighted by Crippen LogP contribution is 2.69. The molecule has 96 valence electrons. The van der Waals surface area contributed by atoms with Crippen LogP contribution >= 0.6 is 0 Å². The normalized spacial score (nSPS) is 59.3. The average Bonchev–Trinajstić information content (AvgIpc) is 2.61. The van der Waals surface area contributed by atoms with Gasteiger partial charge in [0.2, 0.25) is 5.54 Å². The Labute approximate surface area is 99.5 Å². The third-order valence-corrected chi connectivity index (χ3v) is 5.80. The molecule has 6 nitrogen and oxygen atoms in total. The Morgan fingerprint density at radius 2 is 1.65 bits per heavy atom. The zero-order chi connectivity index (χ0) is 12.8. The van der Waals surface area contributed by atoms with Crippen molar-refractivity contribution in [2.75, 3.05) is 0 Å². The molecular weight excluding hydrogens is 224 g/mol. The first kappa shape index (κ1) is 11.4. The van der Waals surface area contributed by atoms with Crippen molar-refractivity contribution >= 4 is 0 Å². The maximum Gasteiger partial charge on any atom is 0.212 e. The van der Waals surface area contributed by atoms with Crippen molar-refractivity contribution in [2.24, 2.45) is 22.4 Å². The van der Waals surface area contributed by atoms with E-state index in [0.29, 0.717) is 4.86 Å². The Morgan fingerprint density at radius 1 is 1.12 bits per heavy atom. The Bertz CT molecular complexity index is 424. The lowest BCUT2D eigenvalue weighted by atomic mass is 9.68. The van der Waals surface area contributed by atoms with Crippen LogP contribution in [-0.4, -0.2) is 38.7 Å². The van der Waals surface area contributed by atoms with Gasteiger partial charge in [0, 0.05) is 6.92 Å². The molecular formula is C11H18N2O4. The standard InChI is InChI=1S/C11H18N2O4/c1-9(2)10(3)5-6(8(15)17-7(5)14)11(9,4)13(16)12-10/h5-8,14-15H,1-4H3/t5-,6+,7-,8+,10+,11-/m0/s1. The highest BCUT2D eigenvalue weighted by Gasteiger charge is 2.84. The summed E-state index contributed by atoms with van der Waals surface area (Å²) in [5.41, 5.74) is -1.97. The number of aliphatic hydroxyl groups is 2. The molecule has 1 saturated heterocycles. The molecule has 1 saturated carbocycles. The minimum Gasteiger partial charge on any atom is -0.599 e. The molecule has 2 heterocycles. The van der Waals surface area contributed by atoms with Crippen LogP contribution in [0.5, 0.6) is 0 Å². The number of rotatable bonds is 0. The maximum atomic E-state index is 12.1. The Kier molecular flexibility index (Phi) is 1.77. The molecule has 0 unspecified atom stereocenters. The molecule has 17 heavy (non-hydrogen) atoms. The summed E-state index contributed by atoms with van der Waals surface area (Å²) >= 11 is 0. The molecule has 2 fully saturated rings. The van der Waals surface area contributed by atoms with Gasteiger partial charge in [-0.1, -0.05) is 18.7 Å². The van der Waals surface area contributed by atoms with Gasteiger partial charge in [-0.15, -0.1) is 0 Å². The van der Waals surface area contributed by atoms with Gasteiger partial charge in [-0.3, -0.25) is 0 Å². The molecule has 0 amide bonds. The molecule has 6 heteroatoms. The summed E-state index contributed by atoms with van der Waals surface area (Å²) in [7, 11) is 0. The molecule has 0 spiro atoms. The van der Waals surface area contributed by atoms with Gasteiger partial charge in [0.25, 0.3) is 0 Å². The Morgan fingerprint density at radius 3 is 2.24 bits per heavy atom. The van der Waals surface area contributed by atoms with Gasteiger partial charge in [0.15, 0.2) is 12.6 Å². The van der Waals surface area contributed by atoms with Gasteiger partial charge >= 0.3 is 0 Å². The number of aliphatic hydroxyl groups excluding tert-OH is 2. The fourth-order valence-corrected chi connectivity index (χ4v) is 4.12. The minimum atomic E-state index is -1.10. The van der Waals surface area contributed by atoms with Crippen LogP contribution in [0.3, 0.4) is 0 Å². The van der Waals surface area contributed by atoms with Crippen molar-refractivity contribution in [3.8, 4) is 0 Å². The Balaban J connectivity index is 2.24. The number of ether oxygens (including phenoxy) is 1. The first-order valence-corrected chi connectivity index (χ1v) is 5.89. The van der Waals surface area contributed by atoms with Crippen LogP contribution in [-0.2, 0) is 4.74 Å². The van der Waals surface area contributed by atoms with Crippen LogP contribution < -0.4 is 0 Å². The fourth-order valence-electron chi connectivity index (χ4n) is 4.12. The van der Waals surface area contributed by atoms with Crippen LogP contribution in [0, 0.1) is 22.5 Å². The summed E-state index contributed by atoms with van der Waals surface area (Å²) in [5.74, 6) is -0.741. The second kappa shape index (κ2) is 2.65. The number of fused-ring (bicyclic) bond motifs is 5. The van der Waals surface area contributed by atoms with Crippen LogP contribution in [0.15, 0.2) is 5.11 Å². The van der Waals surface area contributed by atoms with Crippen molar-refractivity contribution in [3.05, 3.63) is 5.21 Å². The van der Waals surface area contributed by atoms with Gasteiger partial charge in [-0.2, -0.15) is 0 Å². The first-order valence-electron chi connectivity index (χ1n) is 5.89. The van der Waals surface area contributed by atoms with Gasteiger partial charge < -0.3 is 20.2 Å². The van der Waals surface area contributed by atoms with Gasteiger partial charge in [-0.25, -0.2) is 0 Å². The molecule has 6 atom stereocenters. The van der Waals surface area contributed by atoms with Crippen LogP contribution in [0.2, 0.25) is 0 Å². The van der Waals surface area contributed by atoms with E-state index in [1.165, 1.54) is 0 Å². The van der Waals surface area contributed by atoms with Gasteiger partial charge in [0.1, 0.15) is 5.54 Å². The molecule has 3 aliphatic rings. The molecule has 0 aromatic heterocycles. The van der Waals surface area contributed by atoms with E-state index >= 15 is 0 Å². The molecule has 2 bridgehead atoms. The average molecular weight is 242 g/mol. The van der Waals surface area contributed by atoms with E-state index in [2.05, 4.69) is 5.11 Å². The van der Waals surface area contributed by atoms with Crippen LogP contribution in [0.25, 0.3) is 0 Å². The third kappa shape index (κ3) is 0.851. The minimum absolute atomic E-state index is 0.331.